The van der Waals surface area contributed by atoms with E-state index in [4.69, 9.17) is 9.47 Å². The van der Waals surface area contributed by atoms with Crippen LogP contribution in [0.3, 0.4) is 0 Å². The fourth-order valence-electron chi connectivity index (χ4n) is 8.93. The highest BCUT2D eigenvalue weighted by atomic mass is 16.7. The van der Waals surface area contributed by atoms with E-state index in [1.54, 1.807) is 6.08 Å². The van der Waals surface area contributed by atoms with Gasteiger partial charge in [-0.25, -0.2) is 0 Å². The molecule has 6 N–H and O–H groups in total. The highest BCUT2D eigenvalue weighted by Crippen LogP contribution is 2.23. The Morgan fingerprint density at radius 3 is 1.26 bits per heavy atom. The summed E-state index contributed by atoms with van der Waals surface area (Å²) in [6.45, 7) is 3.64. The number of amides is 1. The Bertz CT molecular complexity index is 1610. The molecule has 0 saturated carbocycles. The van der Waals surface area contributed by atoms with Crippen molar-refractivity contribution in [3.8, 4) is 0 Å². The minimum absolute atomic E-state index is 0.198. The van der Waals surface area contributed by atoms with Crippen molar-refractivity contribution in [1.29, 1.82) is 0 Å². The number of carbonyl (C=O) groups excluding carboxylic acids is 1. The maximum absolute atomic E-state index is 13.1. The van der Waals surface area contributed by atoms with Crippen molar-refractivity contribution >= 4 is 5.91 Å². The Morgan fingerprint density at radius 2 is 0.829 bits per heavy atom. The molecule has 7 atom stereocenters. The number of unbranched alkanes of at least 4 members (excludes halogenated alkanes) is 23. The molecule has 1 amide bonds. The fourth-order valence-corrected chi connectivity index (χ4v) is 8.93. The summed E-state index contributed by atoms with van der Waals surface area (Å²) in [4.78, 5) is 13.1. The molecule has 9 nitrogen and oxygen atoms in total. The molecule has 1 heterocycles. The van der Waals surface area contributed by atoms with Crippen molar-refractivity contribution in [1.82, 2.24) is 5.32 Å². The Labute approximate surface area is 465 Å². The number of carbonyl (C=O) groups is 1. The van der Waals surface area contributed by atoms with Gasteiger partial charge in [0, 0.05) is 6.42 Å². The molecule has 0 aromatic carbocycles. The molecule has 1 aliphatic heterocycles. The molecule has 1 rings (SSSR count). The summed E-state index contributed by atoms with van der Waals surface area (Å²) >= 11 is 0. The molecule has 434 valence electrons. The van der Waals surface area contributed by atoms with Gasteiger partial charge in [0.15, 0.2) is 6.29 Å². The number of rotatable bonds is 51. The van der Waals surface area contributed by atoms with E-state index < -0.39 is 49.5 Å². The van der Waals surface area contributed by atoms with E-state index in [1.165, 1.54) is 109 Å². The van der Waals surface area contributed by atoms with Crippen LogP contribution in [-0.4, -0.2) is 87.5 Å². The van der Waals surface area contributed by atoms with Crippen LogP contribution >= 0.6 is 0 Å². The first-order chi connectivity index (χ1) is 37.3. The van der Waals surface area contributed by atoms with Gasteiger partial charge in [-0.1, -0.05) is 251 Å². The molecule has 9 heteroatoms. The van der Waals surface area contributed by atoms with Crippen molar-refractivity contribution in [2.24, 2.45) is 0 Å². The third kappa shape index (κ3) is 43.6. The van der Waals surface area contributed by atoms with Gasteiger partial charge in [0.2, 0.25) is 5.91 Å². The molecule has 1 aliphatic rings. The lowest BCUT2D eigenvalue weighted by Gasteiger charge is -2.40. The molecule has 1 fully saturated rings. The van der Waals surface area contributed by atoms with Gasteiger partial charge in [-0.3, -0.25) is 4.79 Å². The van der Waals surface area contributed by atoms with E-state index in [2.05, 4.69) is 129 Å². The zero-order valence-corrected chi connectivity index (χ0v) is 48.2. The van der Waals surface area contributed by atoms with Crippen LogP contribution in [0.1, 0.15) is 239 Å². The Balaban J connectivity index is 2.22. The van der Waals surface area contributed by atoms with Crippen LogP contribution in [0.4, 0.5) is 0 Å². The van der Waals surface area contributed by atoms with Crippen molar-refractivity contribution in [3.63, 3.8) is 0 Å². The lowest BCUT2D eigenvalue weighted by atomic mass is 9.99. The minimum atomic E-state index is -1.58. The molecule has 0 aliphatic carbocycles. The molecular weight excluding hydrogens is 947 g/mol. The van der Waals surface area contributed by atoms with Crippen molar-refractivity contribution in [2.45, 2.75) is 281 Å². The summed E-state index contributed by atoms with van der Waals surface area (Å²) in [6, 6.07) is -0.839. The van der Waals surface area contributed by atoms with E-state index in [9.17, 15) is 30.3 Å². The summed E-state index contributed by atoms with van der Waals surface area (Å²) in [5, 5.41) is 54.5. The van der Waals surface area contributed by atoms with Crippen molar-refractivity contribution < 1.29 is 39.8 Å². The SMILES string of the molecule is CC/C=C\C/C=C\C/C=C\C/C=C\C/C=C\C/C=C\C/C=C\CCCCCCCCCCCCCC(=O)NC(COC1OC(CO)C(O)C(O)C1O)C(O)/C=C/CC/C=C/CC/C=C/CCCCCCCCCCCC. The second-order valence-electron chi connectivity index (χ2n) is 20.7. The summed E-state index contributed by atoms with van der Waals surface area (Å²) in [7, 11) is 0. The molecule has 0 spiro atoms. The zero-order valence-electron chi connectivity index (χ0n) is 48.2. The maximum atomic E-state index is 13.1. The number of hydrogen-bond acceptors (Lipinski definition) is 8. The van der Waals surface area contributed by atoms with Crippen LogP contribution in [0.15, 0.2) is 122 Å². The molecule has 0 aromatic rings. The van der Waals surface area contributed by atoms with Crippen LogP contribution in [0.25, 0.3) is 0 Å². The van der Waals surface area contributed by atoms with Crippen molar-refractivity contribution in [2.75, 3.05) is 13.2 Å². The minimum Gasteiger partial charge on any atom is -0.394 e. The lowest BCUT2D eigenvalue weighted by Crippen LogP contribution is -2.60. The summed E-state index contributed by atoms with van der Waals surface area (Å²) in [5.41, 5.74) is 0. The van der Waals surface area contributed by atoms with E-state index >= 15 is 0 Å². The summed E-state index contributed by atoms with van der Waals surface area (Å²) < 4.78 is 11.3. The van der Waals surface area contributed by atoms with E-state index in [0.29, 0.717) is 6.42 Å². The van der Waals surface area contributed by atoms with Gasteiger partial charge in [-0.2, -0.15) is 0 Å². The smallest absolute Gasteiger partial charge is 0.220 e. The first-order valence-electron chi connectivity index (χ1n) is 30.8. The van der Waals surface area contributed by atoms with Gasteiger partial charge in [0.1, 0.15) is 24.4 Å². The molecule has 1 saturated heterocycles. The predicted octanol–water partition coefficient (Wildman–Crippen LogP) is 15.9. The highest BCUT2D eigenvalue weighted by Gasteiger charge is 2.44. The number of allylic oxidation sites excluding steroid dienone is 19. The van der Waals surface area contributed by atoms with Gasteiger partial charge in [0.05, 0.1) is 25.4 Å². The second-order valence-corrected chi connectivity index (χ2v) is 20.7. The third-order valence-corrected chi connectivity index (χ3v) is 13.7. The third-order valence-electron chi connectivity index (χ3n) is 13.7. The van der Waals surface area contributed by atoms with Crippen LogP contribution in [-0.2, 0) is 14.3 Å². The van der Waals surface area contributed by atoms with Gasteiger partial charge in [-0.15, -0.1) is 0 Å². The van der Waals surface area contributed by atoms with Gasteiger partial charge < -0.3 is 40.3 Å². The lowest BCUT2D eigenvalue weighted by molar-refractivity contribution is -0.302. The number of ether oxygens (including phenoxy) is 2. The average molecular weight is 1060 g/mol. The fraction of sp³-hybridized carbons (Fsp3) is 0.687. The molecule has 0 bridgehead atoms. The molecule has 0 aromatic heterocycles. The first kappa shape index (κ1) is 70.6. The van der Waals surface area contributed by atoms with Crippen molar-refractivity contribution in [3.05, 3.63) is 122 Å². The largest absolute Gasteiger partial charge is 0.394 e. The monoisotopic (exact) mass is 1060 g/mol. The van der Waals surface area contributed by atoms with Gasteiger partial charge in [0.25, 0.3) is 0 Å². The number of hydrogen-bond donors (Lipinski definition) is 6. The quantitative estimate of drug-likeness (QED) is 0.0261. The standard InChI is InChI=1S/C67H113NO8/c1-3-5-7-9-11-13-15-17-19-21-23-25-26-27-28-29-30-31-32-33-34-35-36-37-39-41-43-45-47-49-51-53-55-57-63(71)68-60(59-75-67-66(74)65(73)64(72)62(58-69)76-67)61(70)56-54-52-50-48-46-44-42-40-38-24-22-20-18-16-14-12-10-8-6-4-2/h5,7,11,13,17,19,23,25,27-28,30-31,33-34,38,40,46,48,54,56,60-62,64-67,69-70,72-74H,3-4,6,8-10,12,14-16,18,20-22,24,26,29,32,35-37,39,41-45,47,49-53,55,57-59H2,1-2H3,(H,68,71)/b7-5-,13-11-,19-17-,25-23-,28-27-,31-30-,34-33-,40-38+,48-46+,56-54+. The van der Waals surface area contributed by atoms with Crippen LogP contribution < -0.4 is 5.32 Å². The van der Waals surface area contributed by atoms with Crippen LogP contribution in [0.5, 0.6) is 0 Å². The van der Waals surface area contributed by atoms with Crippen LogP contribution in [0.2, 0.25) is 0 Å². The Kier molecular flexibility index (Phi) is 51.0. The zero-order chi connectivity index (χ0) is 55.0. The molecule has 76 heavy (non-hydrogen) atoms. The normalized spacial score (nSPS) is 19.7. The molecular formula is C67H113NO8. The van der Waals surface area contributed by atoms with Gasteiger partial charge in [-0.05, 0) is 103 Å². The first-order valence-corrected chi connectivity index (χ1v) is 30.8. The van der Waals surface area contributed by atoms with E-state index in [1.807, 2.05) is 6.08 Å². The molecule has 0 radical (unpaired) electrons. The average Bonchev–Trinajstić information content (AvgIpc) is 3.42. The summed E-state index contributed by atoms with van der Waals surface area (Å²) in [5.74, 6) is -0.198. The maximum Gasteiger partial charge on any atom is 0.220 e. The number of aliphatic hydroxyl groups excluding tert-OH is 5. The number of nitrogens with one attached hydrogen (secondary N) is 1. The van der Waals surface area contributed by atoms with E-state index in [-0.39, 0.29) is 12.5 Å². The second kappa shape index (κ2) is 54.9. The van der Waals surface area contributed by atoms with E-state index in [0.717, 1.165) is 109 Å². The van der Waals surface area contributed by atoms with Crippen LogP contribution in [0, 0.1) is 0 Å². The Hall–Kier alpha value is -3.41. The topological polar surface area (TPSA) is 149 Å². The predicted molar refractivity (Wildman–Crippen MR) is 322 cm³/mol. The number of aliphatic hydroxyl groups is 5. The van der Waals surface area contributed by atoms with Gasteiger partial charge >= 0.3 is 0 Å². The summed E-state index contributed by atoms with van der Waals surface area (Å²) in [6.07, 6.45) is 75.5. The highest BCUT2D eigenvalue weighted by molar-refractivity contribution is 5.76. The molecule has 7 unspecified atom stereocenters. The Morgan fingerprint density at radius 1 is 0.461 bits per heavy atom.